The molecule has 0 aromatic heterocycles. The summed E-state index contributed by atoms with van der Waals surface area (Å²) in [6.45, 7) is 5.97. The highest BCUT2D eigenvalue weighted by molar-refractivity contribution is 7.89. The van der Waals surface area contributed by atoms with Gasteiger partial charge in [0.25, 0.3) is 0 Å². The highest BCUT2D eigenvalue weighted by Gasteiger charge is 2.21. The fraction of sp³-hybridized carbons (Fsp3) is 0.429. The van der Waals surface area contributed by atoms with Crippen molar-refractivity contribution in [3.05, 3.63) is 24.3 Å². The van der Waals surface area contributed by atoms with Gasteiger partial charge in [-0.25, -0.2) is 13.2 Å². The predicted octanol–water partition coefficient (Wildman–Crippen LogP) is 1.22. The number of nitrogens with zero attached hydrogens (tertiary/aromatic N) is 1. The number of carbonyl (C=O) groups excluding carboxylic acids is 2. The molecule has 0 aliphatic rings. The Morgan fingerprint density at radius 1 is 1.09 bits per heavy atom. The maximum absolute atomic E-state index is 12.3. The summed E-state index contributed by atoms with van der Waals surface area (Å²) in [5, 5.41) is 2.34. The van der Waals surface area contributed by atoms with Gasteiger partial charge in [-0.15, -0.1) is 0 Å². The van der Waals surface area contributed by atoms with Crippen LogP contribution in [-0.2, 0) is 24.3 Å². The third-order valence-corrected chi connectivity index (χ3v) is 4.98. The minimum atomic E-state index is -3.54. The molecule has 0 saturated heterocycles. The third kappa shape index (κ3) is 4.28. The lowest BCUT2D eigenvalue weighted by Crippen LogP contribution is -2.30. The molecule has 1 amide bonds. The van der Waals surface area contributed by atoms with Crippen LogP contribution in [0.5, 0.6) is 0 Å². The molecule has 8 heteroatoms. The molecule has 0 unspecified atom stereocenters. The first-order valence-corrected chi connectivity index (χ1v) is 8.39. The molecule has 22 heavy (non-hydrogen) atoms. The summed E-state index contributed by atoms with van der Waals surface area (Å²) in [5.41, 5.74) is 0.316. The fourth-order valence-electron chi connectivity index (χ4n) is 1.80. The lowest BCUT2D eigenvalue weighted by atomic mass is 10.3. The Balaban J connectivity index is 2.87. The number of esters is 1. The monoisotopic (exact) mass is 328 g/mol. The number of hydrogen-bond donors (Lipinski definition) is 1. The van der Waals surface area contributed by atoms with E-state index in [1.54, 1.807) is 20.8 Å². The minimum absolute atomic E-state index is 0.104. The number of nitrogens with one attached hydrogen (secondary N) is 1. The molecule has 0 aliphatic heterocycles. The molecule has 0 fully saturated rings. The fourth-order valence-corrected chi connectivity index (χ4v) is 3.26. The van der Waals surface area contributed by atoms with Crippen LogP contribution in [0.25, 0.3) is 0 Å². The number of carbonyl (C=O) groups is 2. The molecular weight excluding hydrogens is 308 g/mol. The van der Waals surface area contributed by atoms with Crippen molar-refractivity contribution in [1.82, 2.24) is 4.31 Å². The van der Waals surface area contributed by atoms with E-state index in [1.807, 2.05) is 0 Å². The van der Waals surface area contributed by atoms with Gasteiger partial charge in [0.2, 0.25) is 10.0 Å². The predicted molar refractivity (Wildman–Crippen MR) is 81.8 cm³/mol. The molecule has 7 nitrogen and oxygen atoms in total. The number of amides is 1. The second-order valence-electron chi connectivity index (χ2n) is 4.29. The second-order valence-corrected chi connectivity index (χ2v) is 6.23. The first kappa shape index (κ1) is 18.1. The van der Waals surface area contributed by atoms with Crippen LogP contribution in [0, 0.1) is 0 Å². The van der Waals surface area contributed by atoms with E-state index >= 15 is 0 Å². The highest BCUT2D eigenvalue weighted by atomic mass is 32.2. The van der Waals surface area contributed by atoms with Gasteiger partial charge in [-0.05, 0) is 31.2 Å². The molecule has 0 heterocycles. The van der Waals surface area contributed by atoms with Gasteiger partial charge in [-0.1, -0.05) is 13.8 Å². The molecule has 0 bridgehead atoms. The van der Waals surface area contributed by atoms with E-state index in [2.05, 4.69) is 10.1 Å². The summed E-state index contributed by atoms with van der Waals surface area (Å²) in [6.07, 6.45) is 0. The topological polar surface area (TPSA) is 92.8 Å². The maximum atomic E-state index is 12.3. The van der Waals surface area contributed by atoms with Crippen molar-refractivity contribution < 1.29 is 22.7 Å². The van der Waals surface area contributed by atoms with Gasteiger partial charge in [-0.3, -0.25) is 4.79 Å². The largest absolute Gasteiger partial charge is 0.459 e. The van der Waals surface area contributed by atoms with Crippen LogP contribution in [-0.4, -0.2) is 44.3 Å². The number of hydrogen-bond acceptors (Lipinski definition) is 5. The smallest absolute Gasteiger partial charge is 0.397 e. The lowest BCUT2D eigenvalue weighted by Gasteiger charge is -2.18. The van der Waals surface area contributed by atoms with Gasteiger partial charge in [0.05, 0.1) is 11.5 Å². The summed E-state index contributed by atoms with van der Waals surface area (Å²) >= 11 is 0. The SMILES string of the molecule is CCOC(=O)C(=O)Nc1ccc(S(=O)(=O)N(CC)CC)cc1. The zero-order chi connectivity index (χ0) is 16.8. The van der Waals surface area contributed by atoms with Crippen molar-refractivity contribution in [3.8, 4) is 0 Å². The van der Waals surface area contributed by atoms with E-state index in [0.29, 0.717) is 18.8 Å². The van der Waals surface area contributed by atoms with E-state index in [4.69, 9.17) is 0 Å². The maximum Gasteiger partial charge on any atom is 0.397 e. The van der Waals surface area contributed by atoms with E-state index in [-0.39, 0.29) is 11.5 Å². The summed E-state index contributed by atoms with van der Waals surface area (Å²) in [6, 6.07) is 5.61. The molecule has 1 aromatic rings. The molecule has 122 valence electrons. The van der Waals surface area contributed by atoms with E-state index in [0.717, 1.165) is 0 Å². The minimum Gasteiger partial charge on any atom is -0.459 e. The normalized spacial score (nSPS) is 11.3. The summed E-state index contributed by atoms with van der Waals surface area (Å²) in [5.74, 6) is -1.89. The van der Waals surface area contributed by atoms with Crippen molar-refractivity contribution in [2.75, 3.05) is 25.0 Å². The van der Waals surface area contributed by atoms with E-state index in [1.165, 1.54) is 28.6 Å². The lowest BCUT2D eigenvalue weighted by molar-refractivity contribution is -0.152. The number of anilines is 1. The molecule has 0 radical (unpaired) electrons. The molecule has 1 N–H and O–H groups in total. The van der Waals surface area contributed by atoms with Gasteiger partial charge < -0.3 is 10.1 Å². The molecule has 0 saturated carbocycles. The van der Waals surface area contributed by atoms with Crippen molar-refractivity contribution in [3.63, 3.8) is 0 Å². The molecular formula is C14H20N2O5S. The Bertz CT molecular complexity index is 621. The van der Waals surface area contributed by atoms with Crippen molar-refractivity contribution in [1.29, 1.82) is 0 Å². The summed E-state index contributed by atoms with van der Waals surface area (Å²) < 4.78 is 30.5. The van der Waals surface area contributed by atoms with Crippen molar-refractivity contribution in [2.45, 2.75) is 25.7 Å². The van der Waals surface area contributed by atoms with Gasteiger partial charge in [0, 0.05) is 18.8 Å². The Hall–Kier alpha value is -1.93. The summed E-state index contributed by atoms with van der Waals surface area (Å²) in [7, 11) is -3.54. The van der Waals surface area contributed by atoms with E-state index < -0.39 is 21.9 Å². The third-order valence-electron chi connectivity index (χ3n) is 2.92. The van der Waals surface area contributed by atoms with Gasteiger partial charge in [-0.2, -0.15) is 4.31 Å². The zero-order valence-corrected chi connectivity index (χ0v) is 13.6. The summed E-state index contributed by atoms with van der Waals surface area (Å²) in [4.78, 5) is 22.8. The number of ether oxygens (including phenoxy) is 1. The Labute approximate surface area is 130 Å². The van der Waals surface area contributed by atoms with Crippen LogP contribution in [0.4, 0.5) is 5.69 Å². The average molecular weight is 328 g/mol. The van der Waals surface area contributed by atoms with Gasteiger partial charge >= 0.3 is 11.9 Å². The van der Waals surface area contributed by atoms with Crippen LogP contribution in [0.3, 0.4) is 0 Å². The Kier molecular flexibility index (Phi) is 6.51. The molecule has 1 aromatic carbocycles. The standard InChI is InChI=1S/C14H20N2O5S/c1-4-16(5-2)22(19,20)12-9-7-11(8-10-12)15-13(17)14(18)21-6-3/h7-10H,4-6H2,1-3H3,(H,15,17). The van der Waals surface area contributed by atoms with Crippen LogP contribution >= 0.6 is 0 Å². The van der Waals surface area contributed by atoms with Crippen molar-refractivity contribution in [2.24, 2.45) is 0 Å². The first-order valence-electron chi connectivity index (χ1n) is 6.95. The molecule has 0 spiro atoms. The van der Waals surface area contributed by atoms with Crippen molar-refractivity contribution >= 4 is 27.6 Å². The zero-order valence-electron chi connectivity index (χ0n) is 12.8. The van der Waals surface area contributed by atoms with Crippen LogP contribution in [0.2, 0.25) is 0 Å². The highest BCUT2D eigenvalue weighted by Crippen LogP contribution is 2.18. The molecule has 0 atom stereocenters. The van der Waals surface area contributed by atoms with Crippen LogP contribution in [0.1, 0.15) is 20.8 Å². The Morgan fingerprint density at radius 3 is 2.09 bits per heavy atom. The number of benzene rings is 1. The number of rotatable bonds is 6. The van der Waals surface area contributed by atoms with Crippen LogP contribution < -0.4 is 5.32 Å². The average Bonchev–Trinajstić information content (AvgIpc) is 2.49. The Morgan fingerprint density at radius 2 is 1.64 bits per heavy atom. The molecule has 0 aliphatic carbocycles. The van der Waals surface area contributed by atoms with Gasteiger partial charge in [0.15, 0.2) is 0 Å². The quantitative estimate of drug-likeness (QED) is 0.626. The van der Waals surface area contributed by atoms with Gasteiger partial charge in [0.1, 0.15) is 0 Å². The van der Waals surface area contributed by atoms with Crippen LogP contribution in [0.15, 0.2) is 29.2 Å². The molecule has 1 rings (SSSR count). The number of sulfonamides is 1. The second kappa shape index (κ2) is 7.90. The first-order chi connectivity index (χ1) is 10.4. The van der Waals surface area contributed by atoms with E-state index in [9.17, 15) is 18.0 Å².